The maximum Gasteiger partial charge on any atom is 0.193 e. The zero-order chi connectivity index (χ0) is 18.2. The van der Waals surface area contributed by atoms with Crippen molar-refractivity contribution < 1.29 is 0 Å². The minimum Gasteiger partial charge on any atom is -0.357 e. The predicted octanol–water partition coefficient (Wildman–Crippen LogP) is 3.25. The summed E-state index contributed by atoms with van der Waals surface area (Å²) in [5.41, 5.74) is 1.48. The molecule has 144 valence electrons. The summed E-state index contributed by atoms with van der Waals surface area (Å²) < 4.78 is 0. The Labute approximate surface area is 159 Å². The molecule has 0 spiro atoms. The van der Waals surface area contributed by atoms with Gasteiger partial charge in [-0.2, -0.15) is 0 Å². The van der Waals surface area contributed by atoms with Crippen molar-refractivity contribution in [3.05, 3.63) is 35.9 Å². The van der Waals surface area contributed by atoms with Gasteiger partial charge in [-0.05, 0) is 70.0 Å². The minimum atomic E-state index is 0.720. The number of nitrogens with one attached hydrogen (secondary N) is 1. The molecule has 2 saturated heterocycles. The first-order valence-electron chi connectivity index (χ1n) is 10.5. The number of hydrogen-bond donors (Lipinski definition) is 1. The standard InChI is InChI=1S/C22H36N4/c1-3-23-22(24-17-21-10-7-13-25(2)18-21)26-14-11-20(12-15-26)16-19-8-5-4-6-9-19/h4-6,8-9,20-21H,3,7,10-18H2,1-2H3,(H,23,24). The van der Waals surface area contributed by atoms with Crippen molar-refractivity contribution in [1.82, 2.24) is 15.1 Å². The first kappa shape index (κ1) is 19.2. The van der Waals surface area contributed by atoms with E-state index >= 15 is 0 Å². The topological polar surface area (TPSA) is 30.9 Å². The molecule has 0 amide bonds. The van der Waals surface area contributed by atoms with E-state index in [0.29, 0.717) is 0 Å². The van der Waals surface area contributed by atoms with Gasteiger partial charge in [0, 0.05) is 32.7 Å². The molecule has 2 fully saturated rings. The average molecular weight is 357 g/mol. The molecule has 0 bridgehead atoms. The van der Waals surface area contributed by atoms with Gasteiger partial charge in [-0.1, -0.05) is 30.3 Å². The SMILES string of the molecule is CCNC(=NCC1CCCN(C)C1)N1CCC(Cc2ccccc2)CC1. The Balaban J connectivity index is 1.50. The van der Waals surface area contributed by atoms with Crippen LogP contribution in [0.2, 0.25) is 0 Å². The Morgan fingerprint density at radius 1 is 1.08 bits per heavy atom. The number of aliphatic imine (C=N–C) groups is 1. The number of likely N-dealkylation sites (tertiary alicyclic amines) is 2. The summed E-state index contributed by atoms with van der Waals surface area (Å²) >= 11 is 0. The molecule has 3 rings (SSSR count). The fourth-order valence-electron chi connectivity index (χ4n) is 4.36. The van der Waals surface area contributed by atoms with Crippen molar-refractivity contribution in [1.29, 1.82) is 0 Å². The van der Waals surface area contributed by atoms with Gasteiger partial charge in [0.15, 0.2) is 5.96 Å². The monoisotopic (exact) mass is 356 g/mol. The molecule has 4 heteroatoms. The Morgan fingerprint density at radius 2 is 1.85 bits per heavy atom. The molecule has 2 heterocycles. The second kappa shape index (κ2) is 9.96. The molecule has 2 aliphatic rings. The molecule has 1 aromatic rings. The van der Waals surface area contributed by atoms with Gasteiger partial charge < -0.3 is 15.1 Å². The fourth-order valence-corrected chi connectivity index (χ4v) is 4.36. The molecule has 1 N–H and O–H groups in total. The van der Waals surface area contributed by atoms with Crippen molar-refractivity contribution in [3.8, 4) is 0 Å². The van der Waals surface area contributed by atoms with Crippen molar-refractivity contribution in [2.75, 3.05) is 46.3 Å². The predicted molar refractivity (Wildman–Crippen MR) is 111 cm³/mol. The second-order valence-electron chi connectivity index (χ2n) is 8.09. The number of hydrogen-bond acceptors (Lipinski definition) is 2. The van der Waals surface area contributed by atoms with Crippen LogP contribution >= 0.6 is 0 Å². The van der Waals surface area contributed by atoms with Gasteiger partial charge in [-0.15, -0.1) is 0 Å². The van der Waals surface area contributed by atoms with Crippen LogP contribution in [-0.4, -0.2) is 62.1 Å². The van der Waals surface area contributed by atoms with Gasteiger partial charge >= 0.3 is 0 Å². The van der Waals surface area contributed by atoms with Gasteiger partial charge in [-0.3, -0.25) is 4.99 Å². The molecule has 0 aliphatic carbocycles. The molecule has 1 aromatic carbocycles. The summed E-state index contributed by atoms with van der Waals surface area (Å²) in [5, 5.41) is 3.53. The number of guanidine groups is 1. The average Bonchev–Trinajstić information content (AvgIpc) is 2.67. The van der Waals surface area contributed by atoms with E-state index in [1.165, 1.54) is 50.8 Å². The van der Waals surface area contributed by atoms with E-state index in [-0.39, 0.29) is 0 Å². The van der Waals surface area contributed by atoms with Crippen LogP contribution in [0.1, 0.15) is 38.2 Å². The smallest absolute Gasteiger partial charge is 0.193 e. The van der Waals surface area contributed by atoms with Crippen molar-refractivity contribution in [3.63, 3.8) is 0 Å². The lowest BCUT2D eigenvalue weighted by molar-refractivity contribution is 0.213. The third kappa shape index (κ3) is 5.73. The normalized spacial score (nSPS) is 23.2. The van der Waals surface area contributed by atoms with Gasteiger partial charge in [0.1, 0.15) is 0 Å². The Morgan fingerprint density at radius 3 is 2.54 bits per heavy atom. The maximum atomic E-state index is 5.01. The van der Waals surface area contributed by atoms with Gasteiger partial charge in [0.05, 0.1) is 0 Å². The van der Waals surface area contributed by atoms with Gasteiger partial charge in [0.25, 0.3) is 0 Å². The van der Waals surface area contributed by atoms with Crippen LogP contribution in [0.3, 0.4) is 0 Å². The molecule has 1 atom stereocenters. The zero-order valence-corrected chi connectivity index (χ0v) is 16.7. The lowest BCUT2D eigenvalue weighted by atomic mass is 9.90. The number of nitrogens with zero attached hydrogens (tertiary/aromatic N) is 3. The highest BCUT2D eigenvalue weighted by atomic mass is 15.3. The van der Waals surface area contributed by atoms with E-state index < -0.39 is 0 Å². The third-order valence-corrected chi connectivity index (χ3v) is 5.84. The molecule has 0 aromatic heterocycles. The van der Waals surface area contributed by atoms with Gasteiger partial charge in [-0.25, -0.2) is 0 Å². The van der Waals surface area contributed by atoms with Crippen LogP contribution in [0.4, 0.5) is 0 Å². The maximum absolute atomic E-state index is 5.01. The number of benzene rings is 1. The lowest BCUT2D eigenvalue weighted by Gasteiger charge is -2.35. The first-order chi connectivity index (χ1) is 12.7. The lowest BCUT2D eigenvalue weighted by Crippen LogP contribution is -2.46. The van der Waals surface area contributed by atoms with Crippen LogP contribution in [-0.2, 0) is 6.42 Å². The van der Waals surface area contributed by atoms with E-state index in [4.69, 9.17) is 4.99 Å². The van der Waals surface area contributed by atoms with E-state index in [2.05, 4.69) is 59.4 Å². The summed E-state index contributed by atoms with van der Waals surface area (Å²) in [4.78, 5) is 9.94. The van der Waals surface area contributed by atoms with Crippen LogP contribution in [0, 0.1) is 11.8 Å². The van der Waals surface area contributed by atoms with E-state index in [0.717, 1.165) is 44.0 Å². The van der Waals surface area contributed by atoms with Crippen molar-refractivity contribution in [2.45, 2.75) is 39.0 Å². The van der Waals surface area contributed by atoms with Crippen LogP contribution in [0.25, 0.3) is 0 Å². The number of piperidine rings is 2. The molecular weight excluding hydrogens is 320 g/mol. The number of rotatable bonds is 5. The molecule has 1 unspecified atom stereocenters. The van der Waals surface area contributed by atoms with E-state index in [1.54, 1.807) is 0 Å². The highest BCUT2D eigenvalue weighted by molar-refractivity contribution is 5.80. The zero-order valence-electron chi connectivity index (χ0n) is 16.7. The summed E-state index contributed by atoms with van der Waals surface area (Å²) in [7, 11) is 2.23. The van der Waals surface area contributed by atoms with E-state index in [1.807, 2.05) is 0 Å². The molecule has 2 aliphatic heterocycles. The first-order valence-corrected chi connectivity index (χ1v) is 10.5. The summed E-state index contributed by atoms with van der Waals surface area (Å²) in [6.07, 6.45) is 6.40. The second-order valence-corrected chi connectivity index (χ2v) is 8.09. The molecule has 4 nitrogen and oxygen atoms in total. The van der Waals surface area contributed by atoms with E-state index in [9.17, 15) is 0 Å². The fraction of sp³-hybridized carbons (Fsp3) is 0.682. The molecule has 26 heavy (non-hydrogen) atoms. The summed E-state index contributed by atoms with van der Waals surface area (Å²) in [6.45, 7) is 8.80. The minimum absolute atomic E-state index is 0.720. The van der Waals surface area contributed by atoms with Gasteiger partial charge in [0.2, 0.25) is 0 Å². The molecule has 0 radical (unpaired) electrons. The summed E-state index contributed by atoms with van der Waals surface area (Å²) in [6, 6.07) is 10.9. The molecular formula is C22H36N4. The summed E-state index contributed by atoms with van der Waals surface area (Å²) in [5.74, 6) is 2.67. The highest BCUT2D eigenvalue weighted by Crippen LogP contribution is 2.22. The van der Waals surface area contributed by atoms with Crippen LogP contribution < -0.4 is 5.32 Å². The molecule has 0 saturated carbocycles. The Hall–Kier alpha value is -1.55. The Kier molecular flexibility index (Phi) is 7.36. The third-order valence-electron chi connectivity index (χ3n) is 5.84. The van der Waals surface area contributed by atoms with Crippen molar-refractivity contribution in [2.24, 2.45) is 16.8 Å². The Bertz CT molecular complexity index is 549. The largest absolute Gasteiger partial charge is 0.357 e. The van der Waals surface area contributed by atoms with Crippen LogP contribution in [0.15, 0.2) is 35.3 Å². The van der Waals surface area contributed by atoms with Crippen LogP contribution in [0.5, 0.6) is 0 Å². The highest BCUT2D eigenvalue weighted by Gasteiger charge is 2.22. The van der Waals surface area contributed by atoms with Crippen molar-refractivity contribution >= 4 is 5.96 Å². The quantitative estimate of drug-likeness (QED) is 0.649.